The van der Waals surface area contributed by atoms with E-state index in [9.17, 15) is 10.0 Å². The second kappa shape index (κ2) is 5.95. The minimum Gasteiger partial charge on any atom is -0.618 e. The third kappa shape index (κ3) is 2.99. The Kier molecular flexibility index (Phi) is 4.03. The highest BCUT2D eigenvalue weighted by molar-refractivity contribution is 7.99. The summed E-state index contributed by atoms with van der Waals surface area (Å²) >= 11 is 7.79. The number of carbonyl (C=O) groups excluding carboxylic acids is 1. The predicted octanol–water partition coefficient (Wildman–Crippen LogP) is 2.94. The molecule has 0 radical (unpaired) electrons. The van der Waals surface area contributed by atoms with Crippen LogP contribution in [0.4, 0.5) is 0 Å². The van der Waals surface area contributed by atoms with Gasteiger partial charge in [-0.15, -0.1) is 11.8 Å². The van der Waals surface area contributed by atoms with Gasteiger partial charge in [-0.2, -0.15) is 4.73 Å². The van der Waals surface area contributed by atoms with E-state index in [0.717, 1.165) is 22.6 Å². The maximum absolute atomic E-state index is 12.3. The Morgan fingerprint density at radius 1 is 1.38 bits per heavy atom. The van der Waals surface area contributed by atoms with Gasteiger partial charge in [-0.1, -0.05) is 11.6 Å². The first-order valence-electron chi connectivity index (χ1n) is 6.56. The molecule has 0 fully saturated rings. The van der Waals surface area contributed by atoms with Gasteiger partial charge < -0.3 is 10.5 Å². The highest BCUT2D eigenvalue weighted by Gasteiger charge is 2.25. The standard InChI is InChI=1S/C15H13ClN2O2S/c16-10-4-5-14-11(9-10)12(6-8-21-14)17-15(19)13-3-1-2-7-18(13)20/h1-5,7,9,12H,6,8H2,(H,17,19)/t12-/m1/s1. The summed E-state index contributed by atoms with van der Waals surface area (Å²) in [5, 5.41) is 15.2. The Morgan fingerprint density at radius 3 is 3.05 bits per heavy atom. The van der Waals surface area contributed by atoms with Gasteiger partial charge in [0.05, 0.1) is 6.04 Å². The lowest BCUT2D eigenvalue weighted by Gasteiger charge is -2.25. The van der Waals surface area contributed by atoms with Crippen LogP contribution in [0.1, 0.15) is 28.5 Å². The number of aromatic nitrogens is 1. The molecule has 0 bridgehead atoms. The van der Waals surface area contributed by atoms with Crippen LogP contribution < -0.4 is 10.0 Å². The second-order valence-electron chi connectivity index (χ2n) is 4.76. The van der Waals surface area contributed by atoms with E-state index in [-0.39, 0.29) is 17.6 Å². The Labute approximate surface area is 131 Å². The van der Waals surface area contributed by atoms with Gasteiger partial charge in [0.1, 0.15) is 0 Å². The number of halogens is 1. The number of hydrogen-bond donors (Lipinski definition) is 1. The number of amides is 1. The number of carbonyl (C=O) groups is 1. The van der Waals surface area contributed by atoms with Crippen LogP contribution in [0, 0.1) is 5.21 Å². The van der Waals surface area contributed by atoms with E-state index in [1.54, 1.807) is 23.9 Å². The molecule has 1 aromatic heterocycles. The monoisotopic (exact) mass is 320 g/mol. The van der Waals surface area contributed by atoms with Crippen LogP contribution in [0.15, 0.2) is 47.5 Å². The van der Waals surface area contributed by atoms with Crippen molar-refractivity contribution in [3.8, 4) is 0 Å². The molecule has 1 atom stereocenters. The number of nitrogens with one attached hydrogen (secondary N) is 1. The molecule has 1 amide bonds. The van der Waals surface area contributed by atoms with Gasteiger partial charge >= 0.3 is 5.91 Å². The predicted molar refractivity (Wildman–Crippen MR) is 82.4 cm³/mol. The van der Waals surface area contributed by atoms with E-state index in [0.29, 0.717) is 9.75 Å². The second-order valence-corrected chi connectivity index (χ2v) is 6.33. The molecule has 0 spiro atoms. The SMILES string of the molecule is O=C(N[C@@H]1CCSc2ccc(Cl)cc21)c1cccc[n+]1[O-]. The molecule has 2 aromatic rings. The molecule has 6 heteroatoms. The first-order valence-corrected chi connectivity index (χ1v) is 7.93. The highest BCUT2D eigenvalue weighted by Crippen LogP contribution is 2.37. The summed E-state index contributed by atoms with van der Waals surface area (Å²) < 4.78 is 0.575. The van der Waals surface area contributed by atoms with E-state index in [1.807, 2.05) is 18.2 Å². The number of hydrogen-bond acceptors (Lipinski definition) is 3. The third-order valence-corrected chi connectivity index (χ3v) is 4.73. The van der Waals surface area contributed by atoms with E-state index >= 15 is 0 Å². The van der Waals surface area contributed by atoms with Crippen molar-refractivity contribution in [2.75, 3.05) is 5.75 Å². The minimum atomic E-state index is -0.367. The topological polar surface area (TPSA) is 56.0 Å². The van der Waals surface area contributed by atoms with Gasteiger partial charge in [0.15, 0.2) is 6.20 Å². The van der Waals surface area contributed by atoms with Crippen molar-refractivity contribution in [1.82, 2.24) is 5.32 Å². The van der Waals surface area contributed by atoms with Gasteiger partial charge in [-0.3, -0.25) is 4.79 Å². The van der Waals surface area contributed by atoms with Crippen LogP contribution in [-0.4, -0.2) is 11.7 Å². The number of benzene rings is 1. The van der Waals surface area contributed by atoms with Crippen LogP contribution in [0.2, 0.25) is 5.02 Å². The molecule has 2 heterocycles. The van der Waals surface area contributed by atoms with Gasteiger partial charge in [0, 0.05) is 27.8 Å². The van der Waals surface area contributed by atoms with E-state index in [1.165, 1.54) is 12.3 Å². The fraction of sp³-hybridized carbons (Fsp3) is 0.200. The summed E-state index contributed by atoms with van der Waals surface area (Å²) in [5.41, 5.74) is 1.11. The molecular formula is C15H13ClN2O2S. The maximum Gasteiger partial charge on any atom is 0.317 e. The molecule has 0 aliphatic carbocycles. The molecule has 0 unspecified atom stereocenters. The van der Waals surface area contributed by atoms with Crippen LogP contribution >= 0.6 is 23.4 Å². The van der Waals surface area contributed by atoms with Crippen molar-refractivity contribution in [2.45, 2.75) is 17.4 Å². The smallest absolute Gasteiger partial charge is 0.317 e. The molecule has 3 rings (SSSR count). The zero-order valence-electron chi connectivity index (χ0n) is 11.1. The Bertz CT molecular complexity index is 693. The molecule has 21 heavy (non-hydrogen) atoms. The summed E-state index contributed by atoms with van der Waals surface area (Å²) in [6, 6.07) is 10.4. The molecule has 1 aliphatic rings. The normalized spacial score (nSPS) is 17.1. The fourth-order valence-corrected chi connectivity index (χ4v) is 3.64. The Balaban J connectivity index is 1.85. The summed E-state index contributed by atoms with van der Waals surface area (Å²) in [6.07, 6.45) is 2.13. The lowest BCUT2D eigenvalue weighted by molar-refractivity contribution is -0.607. The molecule has 1 aliphatic heterocycles. The molecule has 4 nitrogen and oxygen atoms in total. The van der Waals surface area contributed by atoms with E-state index in [2.05, 4.69) is 5.32 Å². The van der Waals surface area contributed by atoms with Gasteiger partial charge in [-0.05, 0) is 36.2 Å². The van der Waals surface area contributed by atoms with Crippen molar-refractivity contribution < 1.29 is 9.52 Å². The van der Waals surface area contributed by atoms with E-state index in [4.69, 9.17) is 11.6 Å². The first-order chi connectivity index (χ1) is 10.1. The molecule has 108 valence electrons. The Morgan fingerprint density at radius 2 is 2.24 bits per heavy atom. The lowest BCUT2D eigenvalue weighted by atomic mass is 10.0. The Hall–Kier alpha value is -1.72. The maximum atomic E-state index is 12.3. The van der Waals surface area contributed by atoms with Crippen LogP contribution in [-0.2, 0) is 0 Å². The van der Waals surface area contributed by atoms with Crippen molar-refractivity contribution in [1.29, 1.82) is 0 Å². The molecule has 1 N–H and O–H groups in total. The molecule has 0 saturated heterocycles. The summed E-state index contributed by atoms with van der Waals surface area (Å²) in [5.74, 6) is 0.555. The quantitative estimate of drug-likeness (QED) is 0.683. The van der Waals surface area contributed by atoms with Crippen molar-refractivity contribution >= 4 is 29.3 Å². The summed E-state index contributed by atoms with van der Waals surface area (Å²) in [7, 11) is 0. The average Bonchev–Trinajstić information content (AvgIpc) is 2.48. The third-order valence-electron chi connectivity index (χ3n) is 3.37. The van der Waals surface area contributed by atoms with Crippen LogP contribution in [0.3, 0.4) is 0 Å². The number of pyridine rings is 1. The molecular weight excluding hydrogens is 308 g/mol. The van der Waals surface area contributed by atoms with Crippen molar-refractivity contribution in [2.24, 2.45) is 0 Å². The van der Waals surface area contributed by atoms with Gasteiger partial charge in [0.2, 0.25) is 0 Å². The van der Waals surface area contributed by atoms with Gasteiger partial charge in [0.25, 0.3) is 5.69 Å². The van der Waals surface area contributed by atoms with Crippen molar-refractivity contribution in [3.63, 3.8) is 0 Å². The number of rotatable bonds is 2. The summed E-state index contributed by atoms with van der Waals surface area (Å²) in [6.45, 7) is 0. The zero-order chi connectivity index (χ0) is 14.8. The zero-order valence-corrected chi connectivity index (χ0v) is 12.7. The fourth-order valence-electron chi connectivity index (χ4n) is 2.35. The lowest BCUT2D eigenvalue weighted by Crippen LogP contribution is -2.40. The summed E-state index contributed by atoms with van der Waals surface area (Å²) in [4.78, 5) is 13.4. The van der Waals surface area contributed by atoms with Crippen LogP contribution in [0.5, 0.6) is 0 Å². The largest absolute Gasteiger partial charge is 0.618 e. The number of thioether (sulfide) groups is 1. The average molecular weight is 321 g/mol. The molecule has 0 saturated carbocycles. The minimum absolute atomic E-state index is 0.0966. The molecule has 1 aromatic carbocycles. The van der Waals surface area contributed by atoms with Crippen LogP contribution in [0.25, 0.3) is 0 Å². The van der Waals surface area contributed by atoms with E-state index < -0.39 is 0 Å². The van der Waals surface area contributed by atoms with Crippen molar-refractivity contribution in [3.05, 3.63) is 64.1 Å². The highest BCUT2D eigenvalue weighted by atomic mass is 35.5. The van der Waals surface area contributed by atoms with Gasteiger partial charge in [-0.25, -0.2) is 0 Å². The number of nitrogens with zero attached hydrogens (tertiary/aromatic N) is 1. The first kappa shape index (κ1) is 14.2. The number of fused-ring (bicyclic) bond motifs is 1.